The van der Waals surface area contributed by atoms with Gasteiger partial charge in [-0.3, -0.25) is 19.2 Å². The number of aliphatic hydroxyl groups is 9. The van der Waals surface area contributed by atoms with Crippen LogP contribution in [0.15, 0.2) is 5.11 Å². The normalized spacial score (nSPS) is 42.5. The Labute approximate surface area is 335 Å². The minimum Gasteiger partial charge on any atom is -0.394 e. The second-order valence-corrected chi connectivity index (χ2v) is 14.3. The van der Waals surface area contributed by atoms with Crippen LogP contribution < -0.4 is 21.3 Å². The molecule has 0 aromatic heterocycles. The number of carbonyl (C=O) groups excluding carboxylic acids is 4. The Morgan fingerprint density at radius 2 is 0.814 bits per heavy atom. The van der Waals surface area contributed by atoms with Crippen LogP contribution in [0.1, 0.15) is 27.7 Å². The summed E-state index contributed by atoms with van der Waals surface area (Å²) in [6.45, 7) is 0.831. The highest BCUT2D eigenvalue weighted by Gasteiger charge is 2.56. The molecule has 4 rings (SSSR count). The summed E-state index contributed by atoms with van der Waals surface area (Å²) >= 11 is 0. The number of hydrogen-bond donors (Lipinski definition) is 13. The summed E-state index contributed by atoms with van der Waals surface area (Å²) < 4.78 is 41.0. The van der Waals surface area contributed by atoms with E-state index in [-0.39, 0.29) is 0 Å². The van der Waals surface area contributed by atoms with E-state index in [0.29, 0.717) is 0 Å². The van der Waals surface area contributed by atoms with Crippen molar-refractivity contribution in [3.63, 3.8) is 0 Å². The lowest BCUT2D eigenvalue weighted by Gasteiger charge is -2.51. The Kier molecular flexibility index (Phi) is 17.5. The first-order chi connectivity index (χ1) is 27.9. The molecule has 0 saturated carbocycles. The van der Waals surface area contributed by atoms with E-state index in [0.717, 1.165) is 27.7 Å². The van der Waals surface area contributed by atoms with Gasteiger partial charge in [0.2, 0.25) is 23.6 Å². The second-order valence-electron chi connectivity index (χ2n) is 14.3. The number of amides is 4. The van der Waals surface area contributed by atoms with E-state index in [4.69, 9.17) is 38.7 Å². The Morgan fingerprint density at radius 1 is 0.508 bits per heavy atom. The van der Waals surface area contributed by atoms with Gasteiger partial charge < -0.3 is 100 Å². The molecule has 4 amide bonds. The van der Waals surface area contributed by atoms with Crippen LogP contribution in [0.4, 0.5) is 0 Å². The number of aliphatic hydroxyl groups excluding tert-OH is 9. The van der Waals surface area contributed by atoms with Crippen LogP contribution in [0.2, 0.25) is 0 Å². The van der Waals surface area contributed by atoms with E-state index in [9.17, 15) is 65.1 Å². The molecule has 27 nitrogen and oxygen atoms in total. The standard InChI is InChI=1S/C32H53N7O20/c1-9(44)34-17-23(50)26(14(6-41)53-29(17)38-39-33)57-31-19(36-11(3)46)25(52)28(16(8-43)55-31)59-32-20(37-12(4)47)24(51)27(15(7-42)56-32)58-30-18(35-10(2)45)22(49)21(48)13(5-40)54-30/h13-32,40-43,48-52H,5-8H2,1-4H3,(H,34,44)(H,35,45)(H,36,46)(H,37,47)/t13-,14-,15-,16-,17-,18-,19-,20-,21-,22-,23-,24-,25-,26-,27-,28-,29-,30+,31+,32+/m1/s1. The molecule has 4 heterocycles. The fraction of sp³-hybridized carbons (Fsp3) is 0.875. The van der Waals surface area contributed by atoms with Crippen LogP contribution in [0.25, 0.3) is 10.4 Å². The third-order valence-electron chi connectivity index (χ3n) is 9.98. The van der Waals surface area contributed by atoms with Gasteiger partial charge in [-0.25, -0.2) is 0 Å². The fourth-order valence-electron chi connectivity index (χ4n) is 7.32. The van der Waals surface area contributed by atoms with Gasteiger partial charge in [-0.05, 0) is 5.53 Å². The number of hydrogen-bond acceptors (Lipinski definition) is 21. The molecule has 336 valence electrons. The van der Waals surface area contributed by atoms with Crippen molar-refractivity contribution >= 4 is 23.6 Å². The smallest absolute Gasteiger partial charge is 0.217 e. The lowest BCUT2D eigenvalue weighted by Crippen LogP contribution is -2.71. The van der Waals surface area contributed by atoms with Crippen LogP contribution in [0, 0.1) is 0 Å². The minimum atomic E-state index is -1.91. The number of ether oxygens (including phenoxy) is 7. The molecule has 4 aliphatic heterocycles. The van der Waals surface area contributed by atoms with Crippen LogP contribution >= 0.6 is 0 Å². The highest BCUT2D eigenvalue weighted by atomic mass is 16.8. The molecule has 0 spiro atoms. The number of nitrogens with zero attached hydrogens (tertiary/aromatic N) is 3. The molecule has 0 unspecified atom stereocenters. The predicted octanol–water partition coefficient (Wildman–Crippen LogP) is -7.86. The van der Waals surface area contributed by atoms with Gasteiger partial charge in [-0.1, -0.05) is 5.11 Å². The van der Waals surface area contributed by atoms with E-state index in [1.54, 1.807) is 0 Å². The molecule has 0 aliphatic carbocycles. The molecule has 4 saturated heterocycles. The highest BCUT2D eigenvalue weighted by Crippen LogP contribution is 2.34. The zero-order valence-corrected chi connectivity index (χ0v) is 32.2. The minimum absolute atomic E-state index is 0.669. The van der Waals surface area contributed by atoms with E-state index in [2.05, 4.69) is 31.3 Å². The van der Waals surface area contributed by atoms with E-state index in [1.807, 2.05) is 0 Å². The van der Waals surface area contributed by atoms with Crippen LogP contribution in [0.3, 0.4) is 0 Å². The van der Waals surface area contributed by atoms with Gasteiger partial charge in [0.1, 0.15) is 91.4 Å². The zero-order valence-electron chi connectivity index (χ0n) is 32.2. The average molecular weight is 856 g/mol. The number of azide groups is 1. The maximum Gasteiger partial charge on any atom is 0.217 e. The van der Waals surface area contributed by atoms with Crippen molar-refractivity contribution in [2.24, 2.45) is 5.11 Å². The van der Waals surface area contributed by atoms with Crippen molar-refractivity contribution in [3.05, 3.63) is 10.4 Å². The topological polar surface area (TPSA) is 412 Å². The summed E-state index contributed by atoms with van der Waals surface area (Å²) in [6, 6.07) is -6.14. The Morgan fingerprint density at radius 3 is 1.15 bits per heavy atom. The third kappa shape index (κ3) is 11.3. The van der Waals surface area contributed by atoms with E-state index >= 15 is 0 Å². The van der Waals surface area contributed by atoms with Crippen molar-refractivity contribution < 1.29 is 98.3 Å². The molecule has 4 aliphatic rings. The average Bonchev–Trinajstić information content (AvgIpc) is 3.17. The lowest BCUT2D eigenvalue weighted by atomic mass is 9.93. The highest BCUT2D eigenvalue weighted by molar-refractivity contribution is 5.74. The molecule has 0 radical (unpaired) electrons. The van der Waals surface area contributed by atoms with Gasteiger partial charge in [-0.2, -0.15) is 0 Å². The summed E-state index contributed by atoms with van der Waals surface area (Å²) in [6.07, 6.45) is -26.8. The van der Waals surface area contributed by atoms with Crippen molar-refractivity contribution in [3.8, 4) is 0 Å². The molecular formula is C32H53N7O20. The summed E-state index contributed by atoms with van der Waals surface area (Å²) in [5, 5.41) is 109. The third-order valence-corrected chi connectivity index (χ3v) is 9.98. The number of rotatable bonds is 15. The Bertz CT molecular complexity index is 1500. The van der Waals surface area contributed by atoms with Crippen molar-refractivity contribution in [1.29, 1.82) is 0 Å². The Balaban J connectivity index is 1.62. The van der Waals surface area contributed by atoms with Gasteiger partial charge in [0, 0.05) is 32.6 Å². The van der Waals surface area contributed by atoms with E-state index < -0.39 is 173 Å². The van der Waals surface area contributed by atoms with Gasteiger partial charge in [0.05, 0.1) is 32.5 Å². The number of nitrogens with one attached hydrogen (secondary N) is 4. The quantitative estimate of drug-likeness (QED) is 0.0413. The first kappa shape index (κ1) is 48.2. The predicted molar refractivity (Wildman–Crippen MR) is 187 cm³/mol. The van der Waals surface area contributed by atoms with E-state index in [1.165, 1.54) is 0 Å². The van der Waals surface area contributed by atoms with Gasteiger partial charge >= 0.3 is 0 Å². The second kappa shape index (κ2) is 21.4. The summed E-state index contributed by atoms with van der Waals surface area (Å²) in [4.78, 5) is 51.4. The molecule has 0 aromatic rings. The largest absolute Gasteiger partial charge is 0.394 e. The molecule has 0 aromatic carbocycles. The van der Waals surface area contributed by atoms with Crippen LogP contribution in [-0.4, -0.2) is 219 Å². The monoisotopic (exact) mass is 855 g/mol. The Hall–Kier alpha value is -3.45. The summed E-state index contributed by atoms with van der Waals surface area (Å²) in [7, 11) is 0. The van der Waals surface area contributed by atoms with Gasteiger partial charge in [0.25, 0.3) is 0 Å². The van der Waals surface area contributed by atoms with Gasteiger partial charge in [-0.15, -0.1) is 0 Å². The first-order valence-corrected chi connectivity index (χ1v) is 18.5. The van der Waals surface area contributed by atoms with Crippen molar-refractivity contribution in [2.45, 2.75) is 150 Å². The maximum absolute atomic E-state index is 12.4. The van der Waals surface area contributed by atoms with Crippen LogP contribution in [0.5, 0.6) is 0 Å². The summed E-state index contributed by atoms with van der Waals surface area (Å²) in [5.74, 6) is -2.87. The van der Waals surface area contributed by atoms with Crippen molar-refractivity contribution in [1.82, 2.24) is 21.3 Å². The summed E-state index contributed by atoms with van der Waals surface area (Å²) in [5.41, 5.74) is 9.00. The number of carbonyl (C=O) groups is 4. The van der Waals surface area contributed by atoms with Crippen molar-refractivity contribution in [2.75, 3.05) is 26.4 Å². The lowest BCUT2D eigenvalue weighted by molar-refractivity contribution is -0.359. The molecule has 4 fully saturated rings. The van der Waals surface area contributed by atoms with Crippen LogP contribution in [-0.2, 0) is 52.3 Å². The molecule has 20 atom stereocenters. The van der Waals surface area contributed by atoms with Gasteiger partial charge in [0.15, 0.2) is 25.1 Å². The molecule has 27 heteroatoms. The fourth-order valence-corrected chi connectivity index (χ4v) is 7.32. The molecule has 59 heavy (non-hydrogen) atoms. The first-order valence-electron chi connectivity index (χ1n) is 18.5. The maximum atomic E-state index is 12.4. The molecular weight excluding hydrogens is 802 g/mol. The molecule has 0 bridgehead atoms. The zero-order chi connectivity index (χ0) is 43.9. The molecule has 13 N–H and O–H groups in total. The SMILES string of the molecule is CC(=O)N[C@@H]1[C@@H](O)[C@H](O[C@@H]2O[C@H](CO)[C@@H](O[C@@H]3O[C@H](CO)[C@@H](O[C@@H]4O[C@H](CO)[C@@H](O)[C@H](O)[C@H]4NC(C)=O)[C@H](O)[C@H]3NC(C)=O)[C@H](O)[C@H]2NC(C)=O)[C@@H](CO)O[C@H]1N=[N+]=[N-].